The number of hydrogen-bond donors (Lipinski definition) is 2. The number of phenolic OH excluding ortho intramolecular Hbond substituents is 2. The number of benzene rings is 2. The molecule has 0 heterocycles. The van der Waals surface area contributed by atoms with Gasteiger partial charge in [-0.2, -0.15) is 0 Å². The topological polar surface area (TPSA) is 40.5 Å². The Balaban J connectivity index is 2.86. The van der Waals surface area contributed by atoms with Gasteiger partial charge in [-0.05, 0) is 35.2 Å². The van der Waals surface area contributed by atoms with Crippen molar-refractivity contribution in [2.24, 2.45) is 0 Å². The van der Waals surface area contributed by atoms with Gasteiger partial charge in [0.2, 0.25) is 0 Å². The van der Waals surface area contributed by atoms with Gasteiger partial charge in [0.15, 0.2) is 0 Å². The minimum atomic E-state index is -0.209. The fraction of sp³-hybridized carbons (Fsp3) is 0.200. The molecule has 0 aromatic heterocycles. The van der Waals surface area contributed by atoms with E-state index in [1.165, 1.54) is 0 Å². The first-order valence-corrected chi connectivity index (χ1v) is 5.54. The standard InChI is InChI=1S/C15H16O2/c1-4-15(2,3)13-7-8-14(17)11-6-5-10(16)9-12(11)13/h4-9,16-17H,1H2,2-3H3. The molecule has 0 spiro atoms. The molecule has 0 aliphatic heterocycles. The Hall–Kier alpha value is -1.96. The van der Waals surface area contributed by atoms with E-state index >= 15 is 0 Å². The van der Waals surface area contributed by atoms with E-state index in [0.717, 1.165) is 16.3 Å². The van der Waals surface area contributed by atoms with Crippen LogP contribution in [-0.4, -0.2) is 10.2 Å². The highest BCUT2D eigenvalue weighted by atomic mass is 16.3. The van der Waals surface area contributed by atoms with Crippen molar-refractivity contribution in [3.63, 3.8) is 0 Å². The summed E-state index contributed by atoms with van der Waals surface area (Å²) in [5.74, 6) is 0.424. The molecule has 2 rings (SSSR count). The molecule has 2 N–H and O–H groups in total. The van der Waals surface area contributed by atoms with Crippen LogP contribution in [0.25, 0.3) is 10.8 Å². The second kappa shape index (κ2) is 3.81. The van der Waals surface area contributed by atoms with Crippen molar-refractivity contribution in [3.05, 3.63) is 48.6 Å². The van der Waals surface area contributed by atoms with Crippen LogP contribution in [-0.2, 0) is 5.41 Å². The Morgan fingerprint density at radius 2 is 1.76 bits per heavy atom. The summed E-state index contributed by atoms with van der Waals surface area (Å²) in [7, 11) is 0. The summed E-state index contributed by atoms with van der Waals surface area (Å²) in [6.07, 6.45) is 1.86. The molecular weight excluding hydrogens is 212 g/mol. The van der Waals surface area contributed by atoms with Crippen LogP contribution >= 0.6 is 0 Å². The molecule has 0 saturated heterocycles. The van der Waals surface area contributed by atoms with Gasteiger partial charge in [0.25, 0.3) is 0 Å². The largest absolute Gasteiger partial charge is 0.508 e. The molecule has 0 aliphatic carbocycles. The van der Waals surface area contributed by atoms with Crippen LogP contribution in [0, 0.1) is 0 Å². The predicted octanol–water partition coefficient (Wildman–Crippen LogP) is 3.71. The second-order valence-corrected chi connectivity index (χ2v) is 4.79. The van der Waals surface area contributed by atoms with Gasteiger partial charge in [0.1, 0.15) is 11.5 Å². The fourth-order valence-electron chi connectivity index (χ4n) is 1.99. The predicted molar refractivity (Wildman–Crippen MR) is 70.5 cm³/mol. The van der Waals surface area contributed by atoms with Crippen molar-refractivity contribution in [3.8, 4) is 11.5 Å². The Labute approximate surface area is 101 Å². The van der Waals surface area contributed by atoms with Crippen molar-refractivity contribution < 1.29 is 10.2 Å². The first-order valence-electron chi connectivity index (χ1n) is 5.54. The molecule has 2 aromatic carbocycles. The maximum absolute atomic E-state index is 9.82. The van der Waals surface area contributed by atoms with Crippen LogP contribution in [0.2, 0.25) is 0 Å². The highest BCUT2D eigenvalue weighted by Crippen LogP contribution is 2.36. The lowest BCUT2D eigenvalue weighted by atomic mass is 9.82. The van der Waals surface area contributed by atoms with Gasteiger partial charge >= 0.3 is 0 Å². The van der Waals surface area contributed by atoms with Crippen molar-refractivity contribution >= 4 is 10.8 Å². The third kappa shape index (κ3) is 1.86. The Bertz CT molecular complexity index is 583. The van der Waals surface area contributed by atoms with E-state index < -0.39 is 0 Å². The smallest absolute Gasteiger partial charge is 0.123 e. The zero-order valence-corrected chi connectivity index (χ0v) is 10.1. The van der Waals surface area contributed by atoms with Gasteiger partial charge in [-0.25, -0.2) is 0 Å². The molecular formula is C15H16O2. The highest BCUT2D eigenvalue weighted by molar-refractivity contribution is 5.92. The number of fused-ring (bicyclic) bond motifs is 1. The van der Waals surface area contributed by atoms with E-state index in [4.69, 9.17) is 0 Å². The molecule has 0 fully saturated rings. The average Bonchev–Trinajstić information content (AvgIpc) is 2.29. The summed E-state index contributed by atoms with van der Waals surface area (Å²) in [5.41, 5.74) is 0.830. The third-order valence-corrected chi connectivity index (χ3v) is 3.18. The SMILES string of the molecule is C=CC(C)(C)c1ccc(O)c2ccc(O)cc12. The summed E-state index contributed by atoms with van der Waals surface area (Å²) in [6.45, 7) is 7.94. The number of aromatic hydroxyl groups is 2. The zero-order valence-electron chi connectivity index (χ0n) is 10.1. The van der Waals surface area contributed by atoms with Crippen LogP contribution in [0.4, 0.5) is 0 Å². The third-order valence-electron chi connectivity index (χ3n) is 3.18. The fourth-order valence-corrected chi connectivity index (χ4v) is 1.99. The summed E-state index contributed by atoms with van der Waals surface area (Å²) in [5, 5.41) is 21.0. The number of allylic oxidation sites excluding steroid dienone is 1. The summed E-state index contributed by atoms with van der Waals surface area (Å²) < 4.78 is 0. The maximum Gasteiger partial charge on any atom is 0.123 e. The lowest BCUT2D eigenvalue weighted by molar-refractivity contribution is 0.474. The highest BCUT2D eigenvalue weighted by Gasteiger charge is 2.20. The molecule has 0 unspecified atom stereocenters. The normalized spacial score (nSPS) is 11.6. The number of hydrogen-bond acceptors (Lipinski definition) is 2. The maximum atomic E-state index is 9.82. The van der Waals surface area contributed by atoms with E-state index in [1.54, 1.807) is 24.3 Å². The van der Waals surface area contributed by atoms with Gasteiger partial charge in [0.05, 0.1) is 0 Å². The monoisotopic (exact) mass is 228 g/mol. The van der Waals surface area contributed by atoms with E-state index in [-0.39, 0.29) is 16.9 Å². The molecule has 2 heteroatoms. The molecule has 0 atom stereocenters. The molecule has 0 aliphatic rings. The average molecular weight is 228 g/mol. The van der Waals surface area contributed by atoms with Gasteiger partial charge in [-0.3, -0.25) is 0 Å². The van der Waals surface area contributed by atoms with E-state index in [0.29, 0.717) is 0 Å². The van der Waals surface area contributed by atoms with Crippen LogP contribution in [0.15, 0.2) is 43.0 Å². The lowest BCUT2D eigenvalue weighted by Crippen LogP contribution is -2.13. The summed E-state index contributed by atoms with van der Waals surface area (Å²) in [4.78, 5) is 0. The van der Waals surface area contributed by atoms with Crippen molar-refractivity contribution in [2.45, 2.75) is 19.3 Å². The lowest BCUT2D eigenvalue weighted by Gasteiger charge is -2.23. The molecule has 0 radical (unpaired) electrons. The molecule has 17 heavy (non-hydrogen) atoms. The minimum absolute atomic E-state index is 0.198. The van der Waals surface area contributed by atoms with Crippen molar-refractivity contribution in [1.29, 1.82) is 0 Å². The minimum Gasteiger partial charge on any atom is -0.508 e. The second-order valence-electron chi connectivity index (χ2n) is 4.79. The van der Waals surface area contributed by atoms with E-state index in [2.05, 4.69) is 20.4 Å². The summed E-state index contributed by atoms with van der Waals surface area (Å²) in [6, 6.07) is 8.53. The van der Waals surface area contributed by atoms with Gasteiger partial charge in [-0.15, -0.1) is 6.58 Å². The first kappa shape index (κ1) is 11.5. The molecule has 2 nitrogen and oxygen atoms in total. The first-order chi connectivity index (χ1) is 7.95. The van der Waals surface area contributed by atoms with E-state index in [1.807, 2.05) is 12.1 Å². The van der Waals surface area contributed by atoms with Gasteiger partial charge < -0.3 is 10.2 Å². The number of rotatable bonds is 2. The Kier molecular flexibility index (Phi) is 2.58. The van der Waals surface area contributed by atoms with Crippen LogP contribution in [0.3, 0.4) is 0 Å². The quantitative estimate of drug-likeness (QED) is 0.769. The van der Waals surface area contributed by atoms with Gasteiger partial charge in [-0.1, -0.05) is 26.0 Å². The molecule has 88 valence electrons. The summed E-state index contributed by atoms with van der Waals surface area (Å²) >= 11 is 0. The van der Waals surface area contributed by atoms with Crippen LogP contribution in [0.1, 0.15) is 19.4 Å². The van der Waals surface area contributed by atoms with Gasteiger partial charge in [0, 0.05) is 10.8 Å². The number of phenols is 2. The molecule has 0 amide bonds. The van der Waals surface area contributed by atoms with E-state index in [9.17, 15) is 10.2 Å². The zero-order chi connectivity index (χ0) is 12.6. The van der Waals surface area contributed by atoms with Crippen molar-refractivity contribution in [2.75, 3.05) is 0 Å². The Morgan fingerprint density at radius 1 is 1.06 bits per heavy atom. The van der Waals surface area contributed by atoms with Crippen molar-refractivity contribution in [1.82, 2.24) is 0 Å². The van der Waals surface area contributed by atoms with Crippen LogP contribution in [0.5, 0.6) is 11.5 Å². The molecule has 0 bridgehead atoms. The molecule has 0 saturated carbocycles. The molecule has 2 aromatic rings. The Morgan fingerprint density at radius 3 is 2.41 bits per heavy atom. The van der Waals surface area contributed by atoms with Crippen LogP contribution < -0.4 is 0 Å².